The maximum Gasteiger partial charge on any atom is 0.374 e. The smallest absolute Gasteiger partial charge is 0.374 e. The van der Waals surface area contributed by atoms with E-state index in [4.69, 9.17) is 21.4 Å². The van der Waals surface area contributed by atoms with Crippen molar-refractivity contribution in [2.75, 3.05) is 18.1 Å². The Morgan fingerprint density at radius 3 is 2.56 bits per heavy atom. The number of nitrogens with zero attached hydrogens (tertiary/aromatic N) is 4. The molecule has 1 aromatic heterocycles. The van der Waals surface area contributed by atoms with Crippen molar-refractivity contribution in [2.45, 2.75) is 24.9 Å². The van der Waals surface area contributed by atoms with Crippen LogP contribution in [0.2, 0.25) is 5.28 Å². The molecule has 0 spiro atoms. The van der Waals surface area contributed by atoms with Crippen LogP contribution >= 0.6 is 11.6 Å². The summed E-state index contributed by atoms with van der Waals surface area (Å²) in [4.78, 5) is 24.5. The molecular weight excluding hydrogens is 260 g/mol. The molecule has 2 aliphatic rings. The molecule has 2 atom stereocenters. The molecule has 0 amide bonds. The van der Waals surface area contributed by atoms with Crippen molar-refractivity contribution in [3.05, 3.63) is 11.1 Å². The van der Waals surface area contributed by atoms with Crippen LogP contribution in [-0.2, 0) is 4.74 Å². The number of hydrogen-bond donors (Lipinski definition) is 1. The molecule has 1 aromatic rings. The van der Waals surface area contributed by atoms with Gasteiger partial charge in [-0.3, -0.25) is 0 Å². The topological polar surface area (TPSA) is 88.4 Å². The van der Waals surface area contributed by atoms with Crippen molar-refractivity contribution in [1.82, 2.24) is 15.0 Å². The van der Waals surface area contributed by atoms with Crippen molar-refractivity contribution in [1.29, 1.82) is 0 Å². The molecule has 0 aliphatic carbocycles. The highest BCUT2D eigenvalue weighted by atomic mass is 35.5. The average Bonchev–Trinajstić information content (AvgIpc) is 2.58. The SMILES string of the molecule is O=C(O)c1nc(Cl)nc(N2C3CCC2COC3)n1. The molecule has 96 valence electrons. The first-order chi connectivity index (χ1) is 8.65. The average molecular weight is 271 g/mol. The fourth-order valence-corrected chi connectivity index (χ4v) is 2.66. The Balaban J connectivity index is 1.99. The number of carboxylic acids is 1. The van der Waals surface area contributed by atoms with Gasteiger partial charge in [0.1, 0.15) is 0 Å². The summed E-state index contributed by atoms with van der Waals surface area (Å²) in [6.45, 7) is 1.23. The zero-order valence-electron chi connectivity index (χ0n) is 9.41. The minimum atomic E-state index is -1.21. The molecule has 0 radical (unpaired) electrons. The van der Waals surface area contributed by atoms with Crippen molar-refractivity contribution in [2.24, 2.45) is 0 Å². The summed E-state index contributed by atoms with van der Waals surface area (Å²) in [5.74, 6) is -1.19. The van der Waals surface area contributed by atoms with Gasteiger partial charge in [-0.25, -0.2) is 4.79 Å². The fraction of sp³-hybridized carbons (Fsp3) is 0.600. The van der Waals surface area contributed by atoms with E-state index >= 15 is 0 Å². The van der Waals surface area contributed by atoms with E-state index in [9.17, 15) is 4.79 Å². The number of aromatic carboxylic acids is 1. The molecule has 2 aliphatic heterocycles. The minimum Gasteiger partial charge on any atom is -0.475 e. The number of morpholine rings is 1. The molecule has 7 nitrogen and oxygen atoms in total. The number of ether oxygens (including phenoxy) is 1. The lowest BCUT2D eigenvalue weighted by molar-refractivity contribution is 0.0682. The zero-order valence-corrected chi connectivity index (χ0v) is 10.2. The van der Waals surface area contributed by atoms with Gasteiger partial charge in [0.2, 0.25) is 17.1 Å². The number of hydrogen-bond acceptors (Lipinski definition) is 6. The van der Waals surface area contributed by atoms with E-state index in [1.54, 1.807) is 0 Å². The van der Waals surface area contributed by atoms with Gasteiger partial charge < -0.3 is 14.7 Å². The highest BCUT2D eigenvalue weighted by Gasteiger charge is 2.39. The molecule has 18 heavy (non-hydrogen) atoms. The number of carboxylic acid groups (broad SMARTS) is 1. The minimum absolute atomic E-state index is 0.0942. The summed E-state index contributed by atoms with van der Waals surface area (Å²) in [7, 11) is 0. The lowest BCUT2D eigenvalue weighted by atomic mass is 10.2. The summed E-state index contributed by atoms with van der Waals surface area (Å²) in [6.07, 6.45) is 1.99. The summed E-state index contributed by atoms with van der Waals surface area (Å²) in [5, 5.41) is 8.83. The maximum absolute atomic E-state index is 10.9. The van der Waals surface area contributed by atoms with Gasteiger partial charge in [-0.05, 0) is 24.4 Å². The van der Waals surface area contributed by atoms with E-state index in [0.29, 0.717) is 19.2 Å². The Kier molecular flexibility index (Phi) is 2.79. The van der Waals surface area contributed by atoms with Crippen molar-refractivity contribution in [3.63, 3.8) is 0 Å². The molecule has 8 heteroatoms. The monoisotopic (exact) mass is 270 g/mol. The quantitative estimate of drug-likeness (QED) is 0.841. The third-order valence-electron chi connectivity index (χ3n) is 3.26. The Morgan fingerprint density at radius 1 is 1.28 bits per heavy atom. The summed E-state index contributed by atoms with van der Waals surface area (Å²) in [5.41, 5.74) is 0. The third-order valence-corrected chi connectivity index (χ3v) is 3.43. The highest BCUT2D eigenvalue weighted by Crippen LogP contribution is 2.32. The number of aromatic nitrogens is 3. The van der Waals surface area contributed by atoms with Gasteiger partial charge in [0, 0.05) is 0 Å². The van der Waals surface area contributed by atoms with E-state index < -0.39 is 5.97 Å². The second kappa shape index (κ2) is 4.33. The van der Waals surface area contributed by atoms with Crippen LogP contribution < -0.4 is 4.90 Å². The second-order valence-electron chi connectivity index (χ2n) is 4.36. The van der Waals surface area contributed by atoms with E-state index in [0.717, 1.165) is 12.8 Å². The van der Waals surface area contributed by atoms with E-state index in [2.05, 4.69) is 15.0 Å². The molecule has 2 saturated heterocycles. The van der Waals surface area contributed by atoms with Crippen LogP contribution in [0.1, 0.15) is 23.5 Å². The van der Waals surface area contributed by atoms with Gasteiger partial charge in [0.25, 0.3) is 0 Å². The van der Waals surface area contributed by atoms with Crippen LogP contribution in [0.25, 0.3) is 0 Å². The molecule has 0 aromatic carbocycles. The summed E-state index contributed by atoms with van der Waals surface area (Å²) in [6, 6.07) is 0.396. The predicted molar refractivity (Wildman–Crippen MR) is 61.9 cm³/mol. The van der Waals surface area contributed by atoms with Crippen LogP contribution in [0.3, 0.4) is 0 Å². The molecule has 0 saturated carbocycles. The van der Waals surface area contributed by atoms with E-state index in [-0.39, 0.29) is 23.2 Å². The number of carbonyl (C=O) groups is 1. The van der Waals surface area contributed by atoms with E-state index in [1.165, 1.54) is 0 Å². The maximum atomic E-state index is 10.9. The van der Waals surface area contributed by atoms with Crippen LogP contribution in [0.4, 0.5) is 5.95 Å². The van der Waals surface area contributed by atoms with Crippen molar-refractivity contribution >= 4 is 23.5 Å². The first-order valence-corrected chi connectivity index (χ1v) is 6.04. The molecule has 2 fully saturated rings. The Bertz CT molecular complexity index is 482. The first kappa shape index (κ1) is 11.6. The van der Waals surface area contributed by atoms with Crippen LogP contribution in [0, 0.1) is 0 Å². The fourth-order valence-electron chi connectivity index (χ4n) is 2.51. The largest absolute Gasteiger partial charge is 0.475 e. The van der Waals surface area contributed by atoms with Gasteiger partial charge in [-0.15, -0.1) is 0 Å². The Hall–Kier alpha value is -1.47. The normalized spacial score (nSPS) is 26.4. The predicted octanol–water partition coefficient (Wildman–Crippen LogP) is 0.591. The number of anilines is 1. The molecule has 2 unspecified atom stereocenters. The lowest BCUT2D eigenvalue weighted by Crippen LogP contribution is -2.47. The first-order valence-electron chi connectivity index (χ1n) is 5.66. The number of halogens is 1. The van der Waals surface area contributed by atoms with Gasteiger partial charge in [0.05, 0.1) is 25.3 Å². The van der Waals surface area contributed by atoms with Crippen LogP contribution in [-0.4, -0.2) is 51.3 Å². The van der Waals surface area contributed by atoms with Crippen molar-refractivity contribution in [3.8, 4) is 0 Å². The zero-order chi connectivity index (χ0) is 12.7. The van der Waals surface area contributed by atoms with Gasteiger partial charge in [0.15, 0.2) is 0 Å². The molecule has 1 N–H and O–H groups in total. The van der Waals surface area contributed by atoms with Gasteiger partial charge in [-0.1, -0.05) is 0 Å². The Morgan fingerprint density at radius 2 is 1.94 bits per heavy atom. The molecule has 3 heterocycles. The molecule has 2 bridgehead atoms. The number of fused-ring (bicyclic) bond motifs is 2. The standard InChI is InChI=1S/C10H11ClN4O3/c11-9-12-7(8(16)17)13-10(14-9)15-5-1-2-6(15)4-18-3-5/h5-6H,1-4H2,(H,16,17). The number of rotatable bonds is 2. The van der Waals surface area contributed by atoms with Crippen LogP contribution in [0.15, 0.2) is 0 Å². The van der Waals surface area contributed by atoms with Gasteiger partial charge in [-0.2, -0.15) is 15.0 Å². The van der Waals surface area contributed by atoms with Crippen molar-refractivity contribution < 1.29 is 14.6 Å². The summed E-state index contributed by atoms with van der Waals surface area (Å²) < 4.78 is 5.45. The molecule has 3 rings (SSSR count). The lowest BCUT2D eigenvalue weighted by Gasteiger charge is -2.34. The van der Waals surface area contributed by atoms with Gasteiger partial charge >= 0.3 is 5.97 Å². The second-order valence-corrected chi connectivity index (χ2v) is 4.70. The molecular formula is C10H11ClN4O3. The Labute approximate surface area is 108 Å². The van der Waals surface area contributed by atoms with E-state index in [1.807, 2.05) is 4.90 Å². The highest BCUT2D eigenvalue weighted by molar-refractivity contribution is 6.28. The summed E-state index contributed by atoms with van der Waals surface area (Å²) >= 11 is 5.75. The third kappa shape index (κ3) is 1.89. The van der Waals surface area contributed by atoms with Crippen LogP contribution in [0.5, 0.6) is 0 Å².